The Morgan fingerprint density at radius 2 is 1.82 bits per heavy atom. The van der Waals surface area contributed by atoms with Crippen LogP contribution in [0.15, 0.2) is 48.9 Å². The van der Waals surface area contributed by atoms with E-state index in [9.17, 15) is 9.18 Å². The number of aromatic nitrogens is 5. The highest BCUT2D eigenvalue weighted by atomic mass is 19.1. The van der Waals surface area contributed by atoms with Gasteiger partial charge in [-0.2, -0.15) is 5.10 Å². The summed E-state index contributed by atoms with van der Waals surface area (Å²) in [4.78, 5) is 28.2. The Kier molecular flexibility index (Phi) is 6.80. The molecule has 2 amide bonds. The summed E-state index contributed by atoms with van der Waals surface area (Å²) in [6.45, 7) is 4.71. The fourth-order valence-corrected chi connectivity index (χ4v) is 4.84. The van der Waals surface area contributed by atoms with Gasteiger partial charge in [0.2, 0.25) is 0 Å². The maximum absolute atomic E-state index is 13.8. The van der Waals surface area contributed by atoms with Crippen LogP contribution in [0.1, 0.15) is 18.9 Å². The van der Waals surface area contributed by atoms with Gasteiger partial charge in [-0.3, -0.25) is 4.98 Å². The van der Waals surface area contributed by atoms with E-state index in [1.807, 2.05) is 23.0 Å². The molecule has 0 saturated carbocycles. The van der Waals surface area contributed by atoms with Crippen LogP contribution in [0.5, 0.6) is 0 Å². The summed E-state index contributed by atoms with van der Waals surface area (Å²) in [6.07, 6.45) is 6.32. The molecular weight excluding hydrogens is 489 g/mol. The van der Waals surface area contributed by atoms with Gasteiger partial charge in [0.1, 0.15) is 5.82 Å². The van der Waals surface area contributed by atoms with Crippen molar-refractivity contribution in [1.82, 2.24) is 30.0 Å². The van der Waals surface area contributed by atoms with E-state index in [-0.39, 0.29) is 11.7 Å². The van der Waals surface area contributed by atoms with Gasteiger partial charge in [0.25, 0.3) is 0 Å². The number of benzene rings is 1. The molecule has 0 atom stereocenters. The number of hydrogen-bond donors (Lipinski definition) is 3. The molecule has 38 heavy (non-hydrogen) atoms. The number of urea groups is 1. The number of rotatable bonds is 5. The summed E-state index contributed by atoms with van der Waals surface area (Å²) in [5, 5.41) is 14.3. The minimum Gasteiger partial charge on any atom is -0.378 e. The standard InChI is InChI=1S/C26H28FN9O2/c27-21-16-29-10-7-22(21)32-26(37)31-18-3-1-17(2-4-18)23-33-24(35-11-13-38-14-12-35)20-15-30-36(25(20)34-23)19-5-8-28-9-6-19/h1-4,7,10,15-16,19,28H,5-6,8-9,11-14H2,(H2,29,31,32,37). The molecule has 6 rings (SSSR count). The Bertz CT molecular complexity index is 1430. The van der Waals surface area contributed by atoms with Crippen LogP contribution in [-0.2, 0) is 4.74 Å². The third-order valence-corrected chi connectivity index (χ3v) is 6.82. The van der Waals surface area contributed by atoms with E-state index in [4.69, 9.17) is 19.8 Å². The average Bonchev–Trinajstić information content (AvgIpc) is 3.39. The van der Waals surface area contributed by atoms with Crippen molar-refractivity contribution in [2.45, 2.75) is 18.9 Å². The molecule has 0 unspecified atom stereocenters. The molecule has 2 saturated heterocycles. The summed E-state index contributed by atoms with van der Waals surface area (Å²) in [7, 11) is 0. The van der Waals surface area contributed by atoms with E-state index in [1.54, 1.807) is 12.1 Å². The van der Waals surface area contributed by atoms with Gasteiger partial charge < -0.3 is 25.6 Å². The van der Waals surface area contributed by atoms with Crippen molar-refractivity contribution in [3.8, 4) is 11.4 Å². The van der Waals surface area contributed by atoms with Crippen molar-refractivity contribution in [1.29, 1.82) is 0 Å². The minimum atomic E-state index is -0.606. The van der Waals surface area contributed by atoms with Crippen LogP contribution in [0.3, 0.4) is 0 Å². The number of anilines is 3. The van der Waals surface area contributed by atoms with Crippen LogP contribution in [0.4, 0.5) is 26.4 Å². The van der Waals surface area contributed by atoms with Crippen molar-refractivity contribution in [2.24, 2.45) is 0 Å². The maximum atomic E-state index is 13.8. The van der Waals surface area contributed by atoms with Crippen LogP contribution in [0, 0.1) is 5.82 Å². The van der Waals surface area contributed by atoms with Gasteiger partial charge in [0, 0.05) is 30.5 Å². The number of carbonyl (C=O) groups is 1. The van der Waals surface area contributed by atoms with Crippen molar-refractivity contribution < 1.29 is 13.9 Å². The number of carbonyl (C=O) groups excluding carboxylic acids is 1. The molecule has 12 heteroatoms. The lowest BCUT2D eigenvalue weighted by atomic mass is 10.1. The average molecular weight is 518 g/mol. The first-order chi connectivity index (χ1) is 18.7. The molecule has 11 nitrogen and oxygen atoms in total. The van der Waals surface area contributed by atoms with Crippen LogP contribution in [0.25, 0.3) is 22.4 Å². The molecule has 1 aromatic carbocycles. The summed E-state index contributed by atoms with van der Waals surface area (Å²) in [5.74, 6) is 0.837. The lowest BCUT2D eigenvalue weighted by molar-refractivity contribution is 0.122. The highest BCUT2D eigenvalue weighted by molar-refractivity contribution is 6.00. The van der Waals surface area contributed by atoms with E-state index in [0.29, 0.717) is 24.7 Å². The molecule has 2 aliphatic rings. The summed E-state index contributed by atoms with van der Waals surface area (Å²) in [5.41, 5.74) is 2.24. The Morgan fingerprint density at radius 3 is 2.58 bits per heavy atom. The van der Waals surface area contributed by atoms with E-state index in [1.165, 1.54) is 12.3 Å². The second kappa shape index (κ2) is 10.7. The van der Waals surface area contributed by atoms with Crippen molar-refractivity contribution in [2.75, 3.05) is 54.9 Å². The van der Waals surface area contributed by atoms with Crippen LogP contribution in [0.2, 0.25) is 0 Å². The number of ether oxygens (including phenoxy) is 1. The van der Waals surface area contributed by atoms with E-state index in [0.717, 1.165) is 67.6 Å². The van der Waals surface area contributed by atoms with Gasteiger partial charge in [-0.05, 0) is 56.3 Å². The molecule has 3 N–H and O–H groups in total. The van der Waals surface area contributed by atoms with Crippen molar-refractivity contribution >= 4 is 34.3 Å². The quantitative estimate of drug-likeness (QED) is 0.368. The third kappa shape index (κ3) is 5.00. The number of pyridine rings is 1. The SMILES string of the molecule is O=C(Nc1ccc(-c2nc(N3CCOCC3)c3cnn(C4CCNCC4)c3n2)cc1)Nc1ccncc1F. The number of halogens is 1. The molecule has 2 aliphatic heterocycles. The van der Waals surface area contributed by atoms with Gasteiger partial charge >= 0.3 is 6.03 Å². The zero-order valence-electron chi connectivity index (χ0n) is 20.7. The summed E-state index contributed by atoms with van der Waals surface area (Å²) < 4.78 is 21.4. The molecule has 3 aromatic heterocycles. The van der Waals surface area contributed by atoms with Gasteiger partial charge in [-0.1, -0.05) is 0 Å². The zero-order valence-corrected chi connectivity index (χ0v) is 20.7. The normalized spacial score (nSPS) is 16.5. The number of hydrogen-bond acceptors (Lipinski definition) is 8. The first-order valence-electron chi connectivity index (χ1n) is 12.7. The maximum Gasteiger partial charge on any atom is 0.323 e. The predicted molar refractivity (Wildman–Crippen MR) is 142 cm³/mol. The topological polar surface area (TPSA) is 122 Å². The smallest absolute Gasteiger partial charge is 0.323 e. The zero-order chi connectivity index (χ0) is 25.9. The number of morpholine rings is 1. The Morgan fingerprint density at radius 1 is 1.03 bits per heavy atom. The third-order valence-electron chi connectivity index (χ3n) is 6.82. The van der Waals surface area contributed by atoms with Gasteiger partial charge in [-0.15, -0.1) is 0 Å². The number of nitrogens with one attached hydrogen (secondary N) is 3. The Balaban J connectivity index is 1.29. The second-order valence-electron chi connectivity index (χ2n) is 9.29. The highest BCUT2D eigenvalue weighted by Crippen LogP contribution is 2.31. The molecule has 196 valence electrons. The van der Waals surface area contributed by atoms with Gasteiger partial charge in [0.15, 0.2) is 17.3 Å². The number of amides is 2. The fraction of sp³-hybridized carbons (Fsp3) is 0.346. The van der Waals surface area contributed by atoms with E-state index < -0.39 is 11.8 Å². The molecule has 4 aromatic rings. The Labute approximate surface area is 218 Å². The summed E-state index contributed by atoms with van der Waals surface area (Å²) in [6, 6.07) is 8.38. The van der Waals surface area contributed by atoms with E-state index in [2.05, 4.69) is 25.8 Å². The summed E-state index contributed by atoms with van der Waals surface area (Å²) >= 11 is 0. The fourth-order valence-electron chi connectivity index (χ4n) is 4.84. The van der Waals surface area contributed by atoms with Crippen molar-refractivity contribution in [3.63, 3.8) is 0 Å². The number of fused-ring (bicyclic) bond motifs is 1. The number of piperidine rings is 1. The molecule has 0 spiro atoms. The molecule has 2 fully saturated rings. The second-order valence-corrected chi connectivity index (χ2v) is 9.29. The predicted octanol–water partition coefficient (Wildman–Crippen LogP) is 3.43. The van der Waals surface area contributed by atoms with Gasteiger partial charge in [-0.25, -0.2) is 23.8 Å². The molecular formula is C26H28FN9O2. The van der Waals surface area contributed by atoms with Crippen LogP contribution >= 0.6 is 0 Å². The minimum absolute atomic E-state index is 0.0526. The molecule has 0 aliphatic carbocycles. The highest BCUT2D eigenvalue weighted by Gasteiger charge is 2.24. The first-order valence-corrected chi connectivity index (χ1v) is 12.7. The Hall–Kier alpha value is -4.16. The first kappa shape index (κ1) is 24.2. The number of nitrogens with zero attached hydrogens (tertiary/aromatic N) is 6. The van der Waals surface area contributed by atoms with Crippen molar-refractivity contribution in [3.05, 3.63) is 54.7 Å². The molecule has 5 heterocycles. The molecule has 0 bridgehead atoms. The van der Waals surface area contributed by atoms with Crippen LogP contribution in [-0.4, -0.2) is 70.2 Å². The largest absolute Gasteiger partial charge is 0.378 e. The monoisotopic (exact) mass is 517 g/mol. The molecule has 0 radical (unpaired) electrons. The lowest BCUT2D eigenvalue weighted by Gasteiger charge is -2.28. The van der Waals surface area contributed by atoms with Crippen LogP contribution < -0.4 is 20.9 Å². The van der Waals surface area contributed by atoms with E-state index >= 15 is 0 Å². The lowest BCUT2D eigenvalue weighted by Crippen LogP contribution is -2.37. The van der Waals surface area contributed by atoms with Gasteiger partial charge in [0.05, 0.1) is 42.7 Å².